The maximum atomic E-state index is 11.5. The fourth-order valence-corrected chi connectivity index (χ4v) is 2.01. The van der Waals surface area contributed by atoms with E-state index in [0.29, 0.717) is 5.76 Å². The Hall–Kier alpha value is -1.32. The van der Waals surface area contributed by atoms with E-state index in [1.54, 1.807) is 12.1 Å². The van der Waals surface area contributed by atoms with Crippen LogP contribution < -0.4 is 0 Å². The summed E-state index contributed by atoms with van der Waals surface area (Å²) in [7, 11) is -2.01. The number of hydrogen-bond donors (Lipinski definition) is 0. The fraction of sp³-hybridized carbons (Fsp3) is 0.444. The standard InChI is InChI=1S/C9H12N2O3S/c1-3-15(12,13)11(2)8(7-10)9-5-4-6-14-9/h4-6,8H,3H2,1-2H3. The van der Waals surface area contributed by atoms with Gasteiger partial charge in [-0.1, -0.05) is 0 Å². The first kappa shape index (κ1) is 11.8. The first-order valence-electron chi connectivity index (χ1n) is 4.41. The van der Waals surface area contributed by atoms with E-state index < -0.39 is 16.1 Å². The van der Waals surface area contributed by atoms with Crippen LogP contribution in [0.5, 0.6) is 0 Å². The Bertz CT molecular complexity index is 444. The Morgan fingerprint density at radius 2 is 2.33 bits per heavy atom. The van der Waals surface area contributed by atoms with Crippen molar-refractivity contribution in [3.63, 3.8) is 0 Å². The number of rotatable bonds is 4. The average molecular weight is 228 g/mol. The van der Waals surface area contributed by atoms with Crippen LogP contribution in [-0.2, 0) is 10.0 Å². The van der Waals surface area contributed by atoms with Gasteiger partial charge in [0.1, 0.15) is 5.76 Å². The van der Waals surface area contributed by atoms with Crippen LogP contribution in [0.2, 0.25) is 0 Å². The van der Waals surface area contributed by atoms with Crippen molar-refractivity contribution < 1.29 is 12.8 Å². The van der Waals surface area contributed by atoms with E-state index in [0.717, 1.165) is 4.31 Å². The third-order valence-electron chi connectivity index (χ3n) is 2.10. The van der Waals surface area contributed by atoms with Crippen molar-refractivity contribution in [3.8, 4) is 6.07 Å². The molecule has 0 aliphatic heterocycles. The van der Waals surface area contributed by atoms with Crippen molar-refractivity contribution in [2.45, 2.75) is 13.0 Å². The molecule has 1 aromatic rings. The van der Waals surface area contributed by atoms with Gasteiger partial charge in [-0.05, 0) is 19.1 Å². The molecule has 0 aliphatic carbocycles. The van der Waals surface area contributed by atoms with E-state index >= 15 is 0 Å². The Morgan fingerprint density at radius 3 is 2.73 bits per heavy atom. The van der Waals surface area contributed by atoms with Gasteiger partial charge in [-0.15, -0.1) is 0 Å². The molecule has 0 bridgehead atoms. The molecule has 15 heavy (non-hydrogen) atoms. The zero-order valence-electron chi connectivity index (χ0n) is 8.54. The third kappa shape index (κ3) is 2.37. The monoisotopic (exact) mass is 228 g/mol. The minimum Gasteiger partial charge on any atom is -0.467 e. The average Bonchev–Trinajstić information content (AvgIpc) is 2.72. The van der Waals surface area contributed by atoms with Crippen LogP contribution in [0.25, 0.3) is 0 Å². The quantitative estimate of drug-likeness (QED) is 0.774. The summed E-state index contributed by atoms with van der Waals surface area (Å²) in [6.07, 6.45) is 1.41. The van der Waals surface area contributed by atoms with Crippen LogP contribution >= 0.6 is 0 Å². The second kappa shape index (κ2) is 4.47. The Balaban J connectivity index is 3.01. The predicted octanol–water partition coefficient (Wildman–Crippen LogP) is 1.13. The second-order valence-corrected chi connectivity index (χ2v) is 5.28. The van der Waals surface area contributed by atoms with Crippen molar-refractivity contribution >= 4 is 10.0 Å². The smallest absolute Gasteiger partial charge is 0.215 e. The lowest BCUT2D eigenvalue weighted by Gasteiger charge is -2.19. The molecule has 0 aliphatic rings. The molecule has 1 atom stereocenters. The highest BCUT2D eigenvalue weighted by atomic mass is 32.2. The van der Waals surface area contributed by atoms with Gasteiger partial charge in [0.15, 0.2) is 6.04 Å². The molecule has 0 amide bonds. The lowest BCUT2D eigenvalue weighted by atomic mass is 10.2. The van der Waals surface area contributed by atoms with Crippen LogP contribution in [0.3, 0.4) is 0 Å². The topological polar surface area (TPSA) is 74.3 Å². The maximum absolute atomic E-state index is 11.5. The van der Waals surface area contributed by atoms with Crippen molar-refractivity contribution in [3.05, 3.63) is 24.2 Å². The van der Waals surface area contributed by atoms with Crippen LogP contribution in [0, 0.1) is 11.3 Å². The molecule has 0 spiro atoms. The van der Waals surface area contributed by atoms with Gasteiger partial charge >= 0.3 is 0 Å². The van der Waals surface area contributed by atoms with Crippen molar-refractivity contribution in [2.24, 2.45) is 0 Å². The number of nitriles is 1. The van der Waals surface area contributed by atoms with Crippen LogP contribution in [0.15, 0.2) is 22.8 Å². The molecule has 0 aromatic carbocycles. The summed E-state index contributed by atoms with van der Waals surface area (Å²) in [5.74, 6) is 0.291. The molecular weight excluding hydrogens is 216 g/mol. The molecule has 1 unspecified atom stereocenters. The molecule has 0 saturated carbocycles. The van der Waals surface area contributed by atoms with Crippen molar-refractivity contribution in [1.82, 2.24) is 4.31 Å². The second-order valence-electron chi connectivity index (χ2n) is 2.96. The first-order chi connectivity index (χ1) is 7.03. The number of nitrogens with zero attached hydrogens (tertiary/aromatic N) is 2. The minimum absolute atomic E-state index is 0.0393. The van der Waals surface area contributed by atoms with E-state index in [1.807, 2.05) is 6.07 Å². The molecule has 6 heteroatoms. The normalized spacial score (nSPS) is 13.7. The number of hydrogen-bond acceptors (Lipinski definition) is 4. The van der Waals surface area contributed by atoms with E-state index in [4.69, 9.17) is 9.68 Å². The van der Waals surface area contributed by atoms with E-state index in [1.165, 1.54) is 20.2 Å². The lowest BCUT2D eigenvalue weighted by Crippen LogP contribution is -2.31. The summed E-state index contributed by atoms with van der Waals surface area (Å²) in [4.78, 5) is 0. The molecule has 0 radical (unpaired) electrons. The molecule has 82 valence electrons. The molecule has 1 aromatic heterocycles. The Kier molecular flexibility index (Phi) is 3.50. The third-order valence-corrected chi connectivity index (χ3v) is 3.92. The van der Waals surface area contributed by atoms with E-state index in [9.17, 15) is 8.42 Å². The van der Waals surface area contributed by atoms with Gasteiger partial charge in [-0.25, -0.2) is 8.42 Å². The summed E-state index contributed by atoms with van der Waals surface area (Å²) in [5, 5.41) is 8.91. The predicted molar refractivity (Wildman–Crippen MR) is 54.3 cm³/mol. The van der Waals surface area contributed by atoms with Crippen LogP contribution in [0.4, 0.5) is 0 Å². The highest BCUT2D eigenvalue weighted by molar-refractivity contribution is 7.89. The molecule has 0 saturated heterocycles. The zero-order chi connectivity index (χ0) is 11.5. The maximum Gasteiger partial charge on any atom is 0.215 e. The molecular formula is C9H12N2O3S. The van der Waals surface area contributed by atoms with Gasteiger partial charge < -0.3 is 4.42 Å². The van der Waals surface area contributed by atoms with Gasteiger partial charge in [-0.2, -0.15) is 9.57 Å². The number of sulfonamides is 1. The molecule has 0 N–H and O–H groups in total. The van der Waals surface area contributed by atoms with Crippen molar-refractivity contribution in [1.29, 1.82) is 5.26 Å². The van der Waals surface area contributed by atoms with E-state index in [-0.39, 0.29) is 5.75 Å². The molecule has 1 heterocycles. The Morgan fingerprint density at radius 1 is 1.67 bits per heavy atom. The van der Waals surface area contributed by atoms with Gasteiger partial charge in [0.25, 0.3) is 0 Å². The van der Waals surface area contributed by atoms with E-state index in [2.05, 4.69) is 0 Å². The van der Waals surface area contributed by atoms with Gasteiger partial charge in [0, 0.05) is 7.05 Å². The van der Waals surface area contributed by atoms with Crippen LogP contribution in [0.1, 0.15) is 18.7 Å². The lowest BCUT2D eigenvalue weighted by molar-refractivity contribution is 0.372. The zero-order valence-corrected chi connectivity index (χ0v) is 9.36. The molecule has 5 nitrogen and oxygen atoms in total. The number of furan rings is 1. The van der Waals surface area contributed by atoms with Gasteiger partial charge in [-0.3, -0.25) is 0 Å². The highest BCUT2D eigenvalue weighted by Crippen LogP contribution is 2.21. The minimum atomic E-state index is -3.38. The summed E-state index contributed by atoms with van der Waals surface area (Å²) in [6.45, 7) is 1.53. The van der Waals surface area contributed by atoms with Gasteiger partial charge in [0.05, 0.1) is 18.1 Å². The fourth-order valence-electron chi connectivity index (χ4n) is 1.14. The summed E-state index contributed by atoms with van der Waals surface area (Å²) in [5.41, 5.74) is 0. The highest BCUT2D eigenvalue weighted by Gasteiger charge is 2.27. The summed E-state index contributed by atoms with van der Waals surface area (Å²) >= 11 is 0. The largest absolute Gasteiger partial charge is 0.467 e. The van der Waals surface area contributed by atoms with Crippen LogP contribution in [-0.4, -0.2) is 25.5 Å². The summed E-state index contributed by atoms with van der Waals surface area (Å²) < 4.78 is 29.1. The Labute approximate surface area is 89.0 Å². The molecule has 1 rings (SSSR count). The SMILES string of the molecule is CCS(=O)(=O)N(C)C(C#N)c1ccco1. The van der Waals surface area contributed by atoms with Crippen molar-refractivity contribution in [2.75, 3.05) is 12.8 Å². The summed E-state index contributed by atoms with van der Waals surface area (Å²) in [6, 6.07) is 4.20. The van der Waals surface area contributed by atoms with Gasteiger partial charge in [0.2, 0.25) is 10.0 Å². The molecule has 0 fully saturated rings. The first-order valence-corrected chi connectivity index (χ1v) is 6.02.